The summed E-state index contributed by atoms with van der Waals surface area (Å²) in [4.78, 5) is 44.3. The van der Waals surface area contributed by atoms with Gasteiger partial charge in [-0.05, 0) is 80.0 Å². The number of aryl methyl sites for hydroxylation is 1. The van der Waals surface area contributed by atoms with Gasteiger partial charge in [0.2, 0.25) is 5.91 Å². The van der Waals surface area contributed by atoms with Crippen molar-refractivity contribution in [2.75, 3.05) is 13.2 Å². The predicted octanol–water partition coefficient (Wildman–Crippen LogP) is 5.19. The molecule has 1 amide bonds. The molecule has 3 aliphatic rings. The molecule has 4 N–H and O–H groups in total. The number of H-pyrrole nitrogens is 1. The molecule has 1 aliphatic heterocycles. The van der Waals surface area contributed by atoms with Crippen LogP contribution in [0.25, 0.3) is 10.9 Å². The van der Waals surface area contributed by atoms with Crippen molar-refractivity contribution in [1.82, 2.24) is 9.88 Å². The van der Waals surface area contributed by atoms with E-state index in [1.807, 2.05) is 23.1 Å². The zero-order valence-corrected chi connectivity index (χ0v) is 23.0. The number of nitrogens with zero attached hydrogens (tertiary/aromatic N) is 1. The van der Waals surface area contributed by atoms with Crippen LogP contribution in [0.3, 0.4) is 0 Å². The number of nitrogens with two attached hydrogens (primary N) is 1. The summed E-state index contributed by atoms with van der Waals surface area (Å²) in [5.41, 5.74) is 8.35. The maximum Gasteiger partial charge on any atom is 0.352 e. The number of benzene rings is 1. The molecule has 0 unspecified atom stereocenters. The molecule has 2 heterocycles. The molecule has 1 aromatic carbocycles. The van der Waals surface area contributed by atoms with E-state index in [1.165, 1.54) is 19.3 Å². The van der Waals surface area contributed by atoms with Gasteiger partial charge in [-0.2, -0.15) is 0 Å². The molecule has 2 aliphatic carbocycles. The molecule has 8 heteroatoms. The maximum atomic E-state index is 14.0. The van der Waals surface area contributed by atoms with E-state index >= 15 is 0 Å². The second-order valence-corrected chi connectivity index (χ2v) is 12.2. The zero-order chi connectivity index (χ0) is 27.7. The minimum Gasteiger partial charge on any atom is -0.477 e. The fourth-order valence-corrected chi connectivity index (χ4v) is 7.69. The van der Waals surface area contributed by atoms with E-state index in [-0.39, 0.29) is 41.6 Å². The number of hydrogen-bond acceptors (Lipinski definition) is 4. The summed E-state index contributed by atoms with van der Waals surface area (Å²) in [6, 6.07) is 4.77. The van der Waals surface area contributed by atoms with Gasteiger partial charge in [0.05, 0.1) is 6.04 Å². The number of nitrogens with one attached hydrogen (secondary N) is 1. The molecule has 0 bridgehead atoms. The summed E-state index contributed by atoms with van der Waals surface area (Å²) in [6.45, 7) is 1.87. The first-order valence-corrected chi connectivity index (χ1v) is 14.8. The van der Waals surface area contributed by atoms with Crippen molar-refractivity contribution >= 4 is 28.6 Å². The van der Waals surface area contributed by atoms with Gasteiger partial charge in [0.15, 0.2) is 5.78 Å². The largest absolute Gasteiger partial charge is 0.477 e. The highest BCUT2D eigenvalue weighted by molar-refractivity contribution is 5.98. The Kier molecular flexibility index (Phi) is 8.40. The summed E-state index contributed by atoms with van der Waals surface area (Å²) >= 11 is 0. The molecule has 2 saturated carbocycles. The van der Waals surface area contributed by atoms with Gasteiger partial charge < -0.3 is 20.7 Å². The van der Waals surface area contributed by atoms with E-state index in [9.17, 15) is 23.9 Å². The molecule has 0 spiro atoms. The van der Waals surface area contributed by atoms with Crippen molar-refractivity contribution in [3.63, 3.8) is 0 Å². The average Bonchev–Trinajstić information content (AvgIpc) is 3.54. The third kappa shape index (κ3) is 5.63. The smallest absolute Gasteiger partial charge is 0.352 e. The second kappa shape index (κ2) is 11.8. The van der Waals surface area contributed by atoms with Crippen LogP contribution in [0.4, 0.5) is 4.39 Å². The average molecular weight is 540 g/mol. The van der Waals surface area contributed by atoms with Gasteiger partial charge in [-0.3, -0.25) is 9.59 Å². The van der Waals surface area contributed by atoms with Crippen LogP contribution < -0.4 is 5.73 Å². The van der Waals surface area contributed by atoms with Crippen molar-refractivity contribution in [2.24, 2.45) is 29.4 Å². The number of alkyl halides is 1. The molecule has 2 aromatic rings. The first-order valence-electron chi connectivity index (χ1n) is 14.8. The molecule has 7 nitrogen and oxygen atoms in total. The van der Waals surface area contributed by atoms with Gasteiger partial charge in [0, 0.05) is 35.8 Å². The van der Waals surface area contributed by atoms with Crippen molar-refractivity contribution in [3.05, 3.63) is 35.0 Å². The van der Waals surface area contributed by atoms with Gasteiger partial charge in [-0.25, -0.2) is 9.18 Å². The third-order valence-electron chi connectivity index (χ3n) is 9.93. The highest BCUT2D eigenvalue weighted by Crippen LogP contribution is 2.41. The highest BCUT2D eigenvalue weighted by Gasteiger charge is 2.46. The van der Waals surface area contributed by atoms with E-state index in [0.29, 0.717) is 30.9 Å². The lowest BCUT2D eigenvalue weighted by molar-refractivity contribution is -0.143. The second-order valence-electron chi connectivity index (χ2n) is 12.2. The number of fused-ring (bicyclic) bond motifs is 1. The quantitative estimate of drug-likeness (QED) is 0.427. The number of aromatic carboxylic acids is 1. The number of rotatable bonds is 8. The Morgan fingerprint density at radius 2 is 1.79 bits per heavy atom. The normalized spacial score (nSPS) is 27.1. The Hall–Kier alpha value is -2.74. The number of carboxylic acid groups (broad SMARTS) is 1. The molecule has 39 heavy (non-hydrogen) atoms. The van der Waals surface area contributed by atoms with Crippen LogP contribution in [-0.4, -0.2) is 58.0 Å². The van der Waals surface area contributed by atoms with Crippen molar-refractivity contribution in [3.8, 4) is 0 Å². The van der Waals surface area contributed by atoms with Gasteiger partial charge in [-0.15, -0.1) is 0 Å². The molecule has 212 valence electrons. The van der Waals surface area contributed by atoms with Crippen LogP contribution in [0.5, 0.6) is 0 Å². The number of carbonyl (C=O) groups excluding carboxylic acids is 2. The topological polar surface area (TPSA) is 116 Å². The number of halogens is 1. The Labute approximate surface area is 229 Å². The molecule has 1 saturated heterocycles. The Balaban J connectivity index is 1.36. The van der Waals surface area contributed by atoms with Gasteiger partial charge in [0.1, 0.15) is 12.4 Å². The lowest BCUT2D eigenvalue weighted by atomic mass is 9.75. The monoisotopic (exact) mass is 539 g/mol. The number of aromatic nitrogens is 1. The fraction of sp³-hybridized carbons (Fsp3) is 0.645. The van der Waals surface area contributed by atoms with E-state index in [4.69, 9.17) is 5.73 Å². The molecule has 5 rings (SSSR count). The molecular weight excluding hydrogens is 497 g/mol. The number of amides is 1. The zero-order valence-electron chi connectivity index (χ0n) is 23.0. The van der Waals surface area contributed by atoms with Crippen LogP contribution in [0, 0.1) is 30.6 Å². The van der Waals surface area contributed by atoms with Crippen LogP contribution in [0.1, 0.15) is 85.8 Å². The number of carboxylic acids is 1. The minimum atomic E-state index is -1.00. The van der Waals surface area contributed by atoms with Crippen molar-refractivity contribution < 1.29 is 23.9 Å². The first-order chi connectivity index (χ1) is 18.8. The Morgan fingerprint density at radius 1 is 1.08 bits per heavy atom. The summed E-state index contributed by atoms with van der Waals surface area (Å²) in [6.07, 6.45) is 9.87. The number of aromatic amines is 1. The molecule has 3 fully saturated rings. The van der Waals surface area contributed by atoms with E-state index in [0.717, 1.165) is 48.6 Å². The SMILES string of the molecule is Cc1c(C(=O)O)[nH]c2ccc(CC(=O)[C@@H]3[C@H](C4CCCCC4)CCN3C(=O)C3CCC([C@H](N)CF)CC3)cc12. The molecular formula is C31H42FN3O4. The fourth-order valence-electron chi connectivity index (χ4n) is 7.69. The van der Waals surface area contributed by atoms with Gasteiger partial charge >= 0.3 is 5.97 Å². The van der Waals surface area contributed by atoms with E-state index in [2.05, 4.69) is 4.98 Å². The minimum absolute atomic E-state index is 0.0792. The highest BCUT2D eigenvalue weighted by atomic mass is 19.1. The Morgan fingerprint density at radius 3 is 2.46 bits per heavy atom. The first kappa shape index (κ1) is 27.8. The number of carbonyl (C=O) groups is 3. The van der Waals surface area contributed by atoms with Gasteiger partial charge in [-0.1, -0.05) is 38.2 Å². The van der Waals surface area contributed by atoms with Crippen LogP contribution >= 0.6 is 0 Å². The van der Waals surface area contributed by atoms with Crippen LogP contribution in [0.2, 0.25) is 0 Å². The van der Waals surface area contributed by atoms with E-state index < -0.39 is 24.7 Å². The third-order valence-corrected chi connectivity index (χ3v) is 9.93. The summed E-state index contributed by atoms with van der Waals surface area (Å²) in [5, 5.41) is 10.3. The number of likely N-dealkylation sites (tertiary alicyclic amines) is 1. The Bertz CT molecular complexity index is 1210. The predicted molar refractivity (Wildman–Crippen MR) is 148 cm³/mol. The van der Waals surface area contributed by atoms with Crippen molar-refractivity contribution in [1.29, 1.82) is 0 Å². The van der Waals surface area contributed by atoms with Gasteiger partial charge in [0.25, 0.3) is 0 Å². The maximum absolute atomic E-state index is 14.0. The van der Waals surface area contributed by atoms with Crippen molar-refractivity contribution in [2.45, 2.75) is 89.6 Å². The summed E-state index contributed by atoms with van der Waals surface area (Å²) in [7, 11) is 0. The number of Topliss-reactive ketones (excluding diaryl/α,β-unsaturated/α-hetero) is 1. The molecule has 0 radical (unpaired) electrons. The number of hydrogen-bond donors (Lipinski definition) is 3. The number of ketones is 1. The summed E-state index contributed by atoms with van der Waals surface area (Å²) < 4.78 is 13.1. The lowest BCUT2D eigenvalue weighted by Gasteiger charge is -2.37. The van der Waals surface area contributed by atoms with Crippen LogP contribution in [0.15, 0.2) is 18.2 Å². The van der Waals surface area contributed by atoms with Crippen LogP contribution in [-0.2, 0) is 16.0 Å². The van der Waals surface area contributed by atoms with E-state index in [1.54, 1.807) is 6.92 Å². The standard InChI is InChI=1S/C31H42FN3O4/c1-18-24-15-19(7-12-26(24)34-28(18)31(38)39)16-27(36)29-23(20-5-3-2-4-6-20)13-14-35(29)30(37)22-10-8-21(9-11-22)25(33)17-32/h7,12,15,20-23,25,29,34H,2-6,8-11,13-14,16-17,33H2,1H3,(H,38,39)/t21?,22?,23-,25+,29-/m0/s1. The lowest BCUT2D eigenvalue weighted by Crippen LogP contribution is -2.48. The summed E-state index contributed by atoms with van der Waals surface area (Å²) in [5.74, 6) is -0.180. The molecule has 1 aromatic heterocycles. The molecule has 3 atom stereocenters.